The maximum absolute atomic E-state index is 11.8. The Kier molecular flexibility index (Phi) is 6.13. The van der Waals surface area contributed by atoms with Crippen LogP contribution in [-0.4, -0.2) is 18.5 Å². The van der Waals surface area contributed by atoms with Crippen molar-refractivity contribution in [3.05, 3.63) is 0 Å². The van der Waals surface area contributed by atoms with Gasteiger partial charge in [0, 0.05) is 6.54 Å². The Hall–Kier alpha value is -0.570. The lowest BCUT2D eigenvalue weighted by atomic mass is 9.77. The van der Waals surface area contributed by atoms with Gasteiger partial charge < -0.3 is 11.1 Å². The van der Waals surface area contributed by atoms with Crippen LogP contribution < -0.4 is 11.1 Å². The van der Waals surface area contributed by atoms with Crippen molar-refractivity contribution in [3.8, 4) is 0 Å². The van der Waals surface area contributed by atoms with E-state index in [0.717, 1.165) is 18.4 Å². The van der Waals surface area contributed by atoms with Gasteiger partial charge >= 0.3 is 0 Å². The van der Waals surface area contributed by atoms with Gasteiger partial charge in [0.1, 0.15) is 0 Å². The van der Waals surface area contributed by atoms with Gasteiger partial charge in [-0.05, 0) is 49.4 Å². The van der Waals surface area contributed by atoms with Crippen LogP contribution in [-0.2, 0) is 4.79 Å². The Morgan fingerprint density at radius 2 is 1.72 bits per heavy atom. The van der Waals surface area contributed by atoms with Crippen LogP contribution in [0.1, 0.15) is 53.4 Å². The Balaban J connectivity index is 2.24. The summed E-state index contributed by atoms with van der Waals surface area (Å²) in [5, 5.41) is 3.01. The fourth-order valence-corrected chi connectivity index (χ4v) is 2.72. The molecule has 0 unspecified atom stereocenters. The molecule has 0 radical (unpaired) electrons. The van der Waals surface area contributed by atoms with Gasteiger partial charge in [-0.25, -0.2) is 0 Å². The van der Waals surface area contributed by atoms with Gasteiger partial charge in [0.25, 0.3) is 0 Å². The number of nitrogens with one attached hydrogen (secondary N) is 1. The molecule has 1 amide bonds. The Morgan fingerprint density at radius 1 is 1.17 bits per heavy atom. The zero-order valence-electron chi connectivity index (χ0n) is 12.4. The number of rotatable bonds is 5. The number of carbonyl (C=O) groups is 1. The molecule has 1 atom stereocenters. The molecule has 0 aromatic rings. The summed E-state index contributed by atoms with van der Waals surface area (Å²) < 4.78 is 0. The van der Waals surface area contributed by atoms with Gasteiger partial charge in [-0.15, -0.1) is 0 Å². The van der Waals surface area contributed by atoms with E-state index >= 15 is 0 Å². The monoisotopic (exact) mass is 254 g/mol. The molecule has 18 heavy (non-hydrogen) atoms. The van der Waals surface area contributed by atoms with E-state index in [0.29, 0.717) is 5.92 Å². The molecular formula is C15H30N2O. The first-order chi connectivity index (χ1) is 8.41. The molecule has 1 aliphatic rings. The van der Waals surface area contributed by atoms with Gasteiger partial charge in [-0.2, -0.15) is 0 Å². The predicted molar refractivity (Wildman–Crippen MR) is 76.1 cm³/mol. The second kappa shape index (κ2) is 7.13. The Morgan fingerprint density at radius 3 is 2.17 bits per heavy atom. The lowest BCUT2D eigenvalue weighted by molar-refractivity contribution is -0.123. The van der Waals surface area contributed by atoms with Gasteiger partial charge in [-0.3, -0.25) is 4.79 Å². The largest absolute Gasteiger partial charge is 0.354 e. The van der Waals surface area contributed by atoms with Crippen molar-refractivity contribution >= 4 is 5.91 Å². The maximum Gasteiger partial charge on any atom is 0.237 e. The van der Waals surface area contributed by atoms with Gasteiger partial charge in [0.15, 0.2) is 0 Å². The number of hydrogen-bond acceptors (Lipinski definition) is 2. The highest BCUT2D eigenvalue weighted by Gasteiger charge is 2.24. The van der Waals surface area contributed by atoms with Crippen LogP contribution in [0.3, 0.4) is 0 Å². The third-order valence-corrected chi connectivity index (χ3v) is 4.42. The third kappa shape index (κ3) is 4.60. The molecule has 0 heterocycles. The van der Waals surface area contributed by atoms with E-state index in [1.807, 2.05) is 13.8 Å². The van der Waals surface area contributed by atoms with Crippen LogP contribution in [0.25, 0.3) is 0 Å². The summed E-state index contributed by atoms with van der Waals surface area (Å²) in [5.74, 6) is 2.56. The molecule has 0 aromatic heterocycles. The summed E-state index contributed by atoms with van der Waals surface area (Å²) >= 11 is 0. The van der Waals surface area contributed by atoms with Crippen LogP contribution in [0, 0.1) is 23.7 Å². The zero-order valence-corrected chi connectivity index (χ0v) is 12.4. The average Bonchev–Trinajstić information content (AvgIpc) is 2.35. The normalized spacial score (nSPS) is 26.4. The minimum Gasteiger partial charge on any atom is -0.354 e. The van der Waals surface area contributed by atoms with Gasteiger partial charge in [-0.1, -0.05) is 27.7 Å². The van der Waals surface area contributed by atoms with Crippen LogP contribution in [0.4, 0.5) is 0 Å². The minimum absolute atomic E-state index is 0.0102. The van der Waals surface area contributed by atoms with Crippen LogP contribution >= 0.6 is 0 Å². The quantitative estimate of drug-likeness (QED) is 0.792. The first-order valence-corrected chi connectivity index (χ1v) is 7.45. The fourth-order valence-electron chi connectivity index (χ4n) is 2.72. The van der Waals surface area contributed by atoms with Crippen LogP contribution in [0.5, 0.6) is 0 Å². The molecule has 1 aliphatic carbocycles. The average molecular weight is 254 g/mol. The number of carbonyl (C=O) groups excluding carboxylic acids is 1. The second-order valence-electron chi connectivity index (χ2n) is 6.54. The van der Waals surface area contributed by atoms with Crippen LogP contribution in [0.15, 0.2) is 0 Å². The summed E-state index contributed by atoms with van der Waals surface area (Å²) in [7, 11) is 0. The molecule has 0 spiro atoms. The third-order valence-electron chi connectivity index (χ3n) is 4.42. The first kappa shape index (κ1) is 15.5. The van der Waals surface area contributed by atoms with Gasteiger partial charge in [0.05, 0.1) is 6.04 Å². The summed E-state index contributed by atoms with van der Waals surface area (Å²) in [6, 6.07) is -0.364. The smallest absolute Gasteiger partial charge is 0.237 e. The maximum atomic E-state index is 11.8. The zero-order chi connectivity index (χ0) is 13.7. The van der Waals surface area contributed by atoms with E-state index in [1.165, 1.54) is 25.7 Å². The van der Waals surface area contributed by atoms with Crippen molar-refractivity contribution in [2.24, 2.45) is 29.4 Å². The first-order valence-electron chi connectivity index (χ1n) is 7.45. The minimum atomic E-state index is -0.364. The number of hydrogen-bond donors (Lipinski definition) is 2. The molecule has 1 fully saturated rings. The molecule has 3 nitrogen and oxygen atoms in total. The molecule has 3 heteroatoms. The van der Waals surface area contributed by atoms with Crippen molar-refractivity contribution in [3.63, 3.8) is 0 Å². The second-order valence-corrected chi connectivity index (χ2v) is 6.54. The van der Waals surface area contributed by atoms with Crippen molar-refractivity contribution in [1.82, 2.24) is 5.32 Å². The number of nitrogens with two attached hydrogens (primary N) is 1. The molecule has 0 aromatic carbocycles. The Labute approximate surface area is 112 Å². The summed E-state index contributed by atoms with van der Waals surface area (Å²) in [4.78, 5) is 11.8. The molecule has 3 N–H and O–H groups in total. The molecule has 106 valence electrons. The van der Waals surface area contributed by atoms with Crippen molar-refractivity contribution in [1.29, 1.82) is 0 Å². The van der Waals surface area contributed by atoms with E-state index < -0.39 is 0 Å². The summed E-state index contributed by atoms with van der Waals surface area (Å²) in [5.41, 5.74) is 5.83. The molecule has 0 saturated heterocycles. The van der Waals surface area contributed by atoms with E-state index in [-0.39, 0.29) is 17.9 Å². The summed E-state index contributed by atoms with van der Waals surface area (Å²) in [6.07, 6.45) is 5.13. The Bertz CT molecular complexity index is 255. The van der Waals surface area contributed by atoms with E-state index in [2.05, 4.69) is 19.2 Å². The van der Waals surface area contributed by atoms with E-state index in [4.69, 9.17) is 5.73 Å². The molecule has 1 saturated carbocycles. The molecule has 0 aliphatic heterocycles. The van der Waals surface area contributed by atoms with Crippen molar-refractivity contribution in [2.45, 2.75) is 59.4 Å². The fraction of sp³-hybridized carbons (Fsp3) is 0.933. The van der Waals surface area contributed by atoms with E-state index in [1.54, 1.807) is 0 Å². The SMILES string of the molecule is CC(C)C1CCC(CNC(=O)[C@@H](N)C(C)C)CC1. The molecule has 0 bridgehead atoms. The topological polar surface area (TPSA) is 55.1 Å². The van der Waals surface area contributed by atoms with Crippen molar-refractivity contribution in [2.75, 3.05) is 6.54 Å². The molecular weight excluding hydrogens is 224 g/mol. The van der Waals surface area contributed by atoms with E-state index in [9.17, 15) is 4.79 Å². The van der Waals surface area contributed by atoms with Crippen molar-refractivity contribution < 1.29 is 4.79 Å². The standard InChI is InChI=1S/C15H30N2O/c1-10(2)13-7-5-12(6-8-13)9-17-15(18)14(16)11(3)4/h10-14H,5-9,16H2,1-4H3,(H,17,18)/t12?,13?,14-/m0/s1. The number of amides is 1. The predicted octanol–water partition coefficient (Wildman–Crippen LogP) is 2.55. The van der Waals surface area contributed by atoms with Crippen LogP contribution in [0.2, 0.25) is 0 Å². The molecule has 1 rings (SSSR count). The highest BCUT2D eigenvalue weighted by Crippen LogP contribution is 2.32. The highest BCUT2D eigenvalue weighted by molar-refractivity contribution is 5.81. The lowest BCUT2D eigenvalue weighted by Crippen LogP contribution is -2.45. The lowest BCUT2D eigenvalue weighted by Gasteiger charge is -2.31. The summed E-state index contributed by atoms with van der Waals surface area (Å²) in [6.45, 7) is 9.41. The van der Waals surface area contributed by atoms with Gasteiger partial charge in [0.2, 0.25) is 5.91 Å². The highest BCUT2D eigenvalue weighted by atomic mass is 16.2.